The monoisotopic (exact) mass is 385 g/mol. The molecule has 1 aliphatic heterocycles. The van der Waals surface area contributed by atoms with Crippen LogP contribution in [0.4, 0.5) is 0 Å². The second-order valence-corrected chi connectivity index (χ2v) is 7.69. The van der Waals surface area contributed by atoms with Crippen molar-refractivity contribution in [1.82, 2.24) is 4.90 Å². The first kappa shape index (κ1) is 19.4. The predicted molar refractivity (Wildman–Crippen MR) is 116 cm³/mol. The molecule has 148 valence electrons. The first-order valence-electron chi connectivity index (χ1n) is 10.4. The van der Waals surface area contributed by atoms with Crippen molar-refractivity contribution in [2.75, 3.05) is 19.6 Å². The number of hydrogen-bond acceptors (Lipinski definition) is 3. The largest absolute Gasteiger partial charge is 0.423 e. The summed E-state index contributed by atoms with van der Waals surface area (Å²) in [5.74, 6) is 0.276. The van der Waals surface area contributed by atoms with Gasteiger partial charge in [0, 0.05) is 6.54 Å². The van der Waals surface area contributed by atoms with Crippen molar-refractivity contribution in [3.8, 4) is 5.75 Å². The Morgan fingerprint density at radius 1 is 0.793 bits per heavy atom. The Morgan fingerprint density at radius 3 is 2.28 bits per heavy atom. The van der Waals surface area contributed by atoms with E-state index in [-0.39, 0.29) is 5.97 Å². The normalized spacial score (nSPS) is 14.1. The van der Waals surface area contributed by atoms with E-state index >= 15 is 0 Å². The maximum Gasteiger partial charge on any atom is 0.343 e. The lowest BCUT2D eigenvalue weighted by atomic mass is 10.0. The van der Waals surface area contributed by atoms with Gasteiger partial charge in [-0.25, -0.2) is 4.79 Å². The van der Waals surface area contributed by atoms with Crippen LogP contribution in [0.25, 0.3) is 0 Å². The number of esters is 1. The van der Waals surface area contributed by atoms with Gasteiger partial charge in [0.05, 0.1) is 5.56 Å². The fraction of sp³-hybridized carbons (Fsp3) is 0.269. The van der Waals surface area contributed by atoms with Crippen molar-refractivity contribution in [3.05, 3.63) is 101 Å². The highest BCUT2D eigenvalue weighted by Gasteiger charge is 2.12. The average Bonchev–Trinajstić information content (AvgIpc) is 3.28. The molecule has 3 heteroatoms. The molecule has 29 heavy (non-hydrogen) atoms. The molecular formula is C26H27NO2. The predicted octanol–water partition coefficient (Wildman–Crippen LogP) is 5.13. The van der Waals surface area contributed by atoms with Crippen LogP contribution < -0.4 is 4.74 Å². The second kappa shape index (κ2) is 9.53. The molecule has 3 aromatic carbocycles. The van der Waals surface area contributed by atoms with Gasteiger partial charge in [0.25, 0.3) is 0 Å². The third-order valence-electron chi connectivity index (χ3n) is 5.46. The molecule has 0 bridgehead atoms. The minimum atomic E-state index is -0.315. The number of ether oxygens (including phenoxy) is 1. The van der Waals surface area contributed by atoms with E-state index < -0.39 is 0 Å². The summed E-state index contributed by atoms with van der Waals surface area (Å²) in [6.45, 7) is 3.55. The molecule has 0 radical (unpaired) electrons. The molecule has 1 aliphatic rings. The van der Waals surface area contributed by atoms with Crippen molar-refractivity contribution in [1.29, 1.82) is 0 Å². The first-order valence-corrected chi connectivity index (χ1v) is 10.4. The summed E-state index contributed by atoms with van der Waals surface area (Å²) in [7, 11) is 0. The molecule has 0 aromatic heterocycles. The van der Waals surface area contributed by atoms with Crippen molar-refractivity contribution in [2.24, 2.45) is 0 Å². The second-order valence-electron chi connectivity index (χ2n) is 7.69. The summed E-state index contributed by atoms with van der Waals surface area (Å²) >= 11 is 0. The van der Waals surface area contributed by atoms with Crippen LogP contribution in [-0.2, 0) is 12.8 Å². The van der Waals surface area contributed by atoms with E-state index in [1.807, 2.05) is 48.5 Å². The molecule has 0 saturated carbocycles. The Hall–Kier alpha value is -2.91. The van der Waals surface area contributed by atoms with E-state index in [4.69, 9.17) is 4.74 Å². The topological polar surface area (TPSA) is 29.5 Å². The van der Waals surface area contributed by atoms with Crippen LogP contribution in [0.2, 0.25) is 0 Å². The van der Waals surface area contributed by atoms with Gasteiger partial charge in [0.15, 0.2) is 0 Å². The van der Waals surface area contributed by atoms with E-state index in [1.54, 1.807) is 6.07 Å². The molecule has 0 unspecified atom stereocenters. The van der Waals surface area contributed by atoms with Crippen molar-refractivity contribution < 1.29 is 9.53 Å². The van der Waals surface area contributed by atoms with E-state index in [2.05, 4.69) is 29.2 Å². The Balaban J connectivity index is 1.34. The van der Waals surface area contributed by atoms with Gasteiger partial charge in [-0.3, -0.25) is 0 Å². The van der Waals surface area contributed by atoms with Crippen LogP contribution >= 0.6 is 0 Å². The fourth-order valence-electron chi connectivity index (χ4n) is 3.82. The molecule has 1 fully saturated rings. The molecule has 0 spiro atoms. The molecule has 0 aliphatic carbocycles. The lowest BCUT2D eigenvalue weighted by Crippen LogP contribution is -2.21. The molecule has 4 rings (SSSR count). The highest BCUT2D eigenvalue weighted by atomic mass is 16.5. The third kappa shape index (κ3) is 5.55. The fourth-order valence-corrected chi connectivity index (χ4v) is 3.82. The standard InChI is InChI=1S/C26H27NO2/c28-26(24-10-6-9-23(20-24)19-22-7-2-1-3-8-22)29-25-13-11-21(12-14-25)15-18-27-16-4-5-17-27/h1-3,6-14,20H,4-5,15-19H2. The van der Waals surface area contributed by atoms with E-state index in [9.17, 15) is 4.79 Å². The summed E-state index contributed by atoms with van der Waals surface area (Å²) < 4.78 is 5.59. The summed E-state index contributed by atoms with van der Waals surface area (Å²) in [4.78, 5) is 15.1. The zero-order valence-electron chi connectivity index (χ0n) is 16.7. The number of nitrogens with zero attached hydrogens (tertiary/aromatic N) is 1. The van der Waals surface area contributed by atoms with E-state index in [0.29, 0.717) is 11.3 Å². The van der Waals surface area contributed by atoms with Crippen LogP contribution in [0.3, 0.4) is 0 Å². The number of carbonyl (C=O) groups is 1. The van der Waals surface area contributed by atoms with Gasteiger partial charge in [-0.2, -0.15) is 0 Å². The maximum absolute atomic E-state index is 12.6. The zero-order valence-corrected chi connectivity index (χ0v) is 16.7. The summed E-state index contributed by atoms with van der Waals surface area (Å²) in [6.07, 6.45) is 4.48. The van der Waals surface area contributed by atoms with Gasteiger partial charge in [0.2, 0.25) is 0 Å². The number of rotatable bonds is 7. The van der Waals surface area contributed by atoms with Crippen molar-refractivity contribution in [3.63, 3.8) is 0 Å². The lowest BCUT2D eigenvalue weighted by molar-refractivity contribution is 0.0734. The minimum Gasteiger partial charge on any atom is -0.423 e. The van der Waals surface area contributed by atoms with Crippen LogP contribution in [0.1, 0.15) is 39.9 Å². The van der Waals surface area contributed by atoms with Crippen LogP contribution in [-0.4, -0.2) is 30.5 Å². The van der Waals surface area contributed by atoms with Crippen molar-refractivity contribution in [2.45, 2.75) is 25.7 Å². The minimum absolute atomic E-state index is 0.315. The molecule has 3 nitrogen and oxygen atoms in total. The smallest absolute Gasteiger partial charge is 0.343 e. The third-order valence-corrected chi connectivity index (χ3v) is 5.46. The van der Waals surface area contributed by atoms with E-state index in [0.717, 1.165) is 24.9 Å². The Labute approximate surface area is 172 Å². The van der Waals surface area contributed by atoms with Gasteiger partial charge < -0.3 is 9.64 Å². The molecule has 1 saturated heterocycles. The molecular weight excluding hydrogens is 358 g/mol. The van der Waals surface area contributed by atoms with Crippen LogP contribution in [0, 0.1) is 0 Å². The van der Waals surface area contributed by atoms with Gasteiger partial charge in [-0.05, 0) is 79.7 Å². The molecule has 3 aromatic rings. The Bertz CT molecular complexity index is 928. The summed E-state index contributed by atoms with van der Waals surface area (Å²) in [6, 6.07) is 25.8. The average molecular weight is 386 g/mol. The van der Waals surface area contributed by atoms with Crippen LogP contribution in [0.15, 0.2) is 78.9 Å². The number of carbonyl (C=O) groups excluding carboxylic acids is 1. The van der Waals surface area contributed by atoms with Crippen molar-refractivity contribution >= 4 is 5.97 Å². The quantitative estimate of drug-likeness (QED) is 0.417. The van der Waals surface area contributed by atoms with E-state index in [1.165, 1.54) is 37.1 Å². The van der Waals surface area contributed by atoms with Gasteiger partial charge in [-0.15, -0.1) is 0 Å². The van der Waals surface area contributed by atoms with Gasteiger partial charge >= 0.3 is 5.97 Å². The Kier molecular flexibility index (Phi) is 6.38. The highest BCUT2D eigenvalue weighted by molar-refractivity contribution is 5.91. The molecule has 1 heterocycles. The Morgan fingerprint density at radius 2 is 1.52 bits per heavy atom. The maximum atomic E-state index is 12.6. The summed E-state index contributed by atoms with van der Waals surface area (Å²) in [5, 5.41) is 0. The zero-order chi connectivity index (χ0) is 19.9. The highest BCUT2D eigenvalue weighted by Crippen LogP contribution is 2.17. The summed E-state index contributed by atoms with van der Waals surface area (Å²) in [5.41, 5.74) is 4.18. The lowest BCUT2D eigenvalue weighted by Gasteiger charge is -2.14. The van der Waals surface area contributed by atoms with Gasteiger partial charge in [0.1, 0.15) is 5.75 Å². The molecule has 0 N–H and O–H groups in total. The van der Waals surface area contributed by atoms with Gasteiger partial charge in [-0.1, -0.05) is 54.6 Å². The SMILES string of the molecule is O=C(Oc1ccc(CCN2CCCC2)cc1)c1cccc(Cc2ccccc2)c1. The number of likely N-dealkylation sites (tertiary alicyclic amines) is 1. The number of benzene rings is 3. The first-order chi connectivity index (χ1) is 14.3. The molecule has 0 amide bonds. The van der Waals surface area contributed by atoms with Crippen LogP contribution in [0.5, 0.6) is 5.75 Å². The molecule has 0 atom stereocenters. The number of hydrogen-bond donors (Lipinski definition) is 0.